The van der Waals surface area contributed by atoms with Crippen LogP contribution >= 0.6 is 0 Å². The SMILES string of the molecule is O=c1nc(-c2ccccn2)o[nH]1. The normalized spacial score (nSPS) is 10.0. The first-order valence-corrected chi connectivity index (χ1v) is 3.33. The molecule has 0 aliphatic carbocycles. The van der Waals surface area contributed by atoms with Gasteiger partial charge in [-0.3, -0.25) is 4.98 Å². The molecule has 2 rings (SSSR count). The van der Waals surface area contributed by atoms with Crippen LogP contribution in [0, 0.1) is 0 Å². The molecule has 5 heteroatoms. The molecule has 2 aromatic heterocycles. The van der Waals surface area contributed by atoms with Gasteiger partial charge in [-0.15, -0.1) is 0 Å². The number of nitrogens with one attached hydrogen (secondary N) is 1. The van der Waals surface area contributed by atoms with Gasteiger partial charge in [-0.25, -0.2) is 4.79 Å². The smallest absolute Gasteiger partial charge is 0.355 e. The second kappa shape index (κ2) is 2.61. The summed E-state index contributed by atoms with van der Waals surface area (Å²) in [5, 5.41) is 2.09. The molecule has 1 N–H and O–H groups in total. The van der Waals surface area contributed by atoms with Gasteiger partial charge in [0.1, 0.15) is 5.69 Å². The minimum Gasteiger partial charge on any atom is -0.355 e. The zero-order valence-corrected chi connectivity index (χ0v) is 6.02. The average molecular weight is 163 g/mol. The maximum absolute atomic E-state index is 10.6. The van der Waals surface area contributed by atoms with Gasteiger partial charge >= 0.3 is 5.69 Å². The van der Waals surface area contributed by atoms with E-state index in [1.165, 1.54) is 0 Å². The zero-order chi connectivity index (χ0) is 8.39. The van der Waals surface area contributed by atoms with E-state index in [0.29, 0.717) is 5.69 Å². The Morgan fingerprint density at radius 1 is 1.42 bits per heavy atom. The van der Waals surface area contributed by atoms with Crippen molar-refractivity contribution in [1.29, 1.82) is 0 Å². The number of rotatable bonds is 1. The summed E-state index contributed by atoms with van der Waals surface area (Å²) in [6.07, 6.45) is 1.60. The van der Waals surface area contributed by atoms with Gasteiger partial charge in [0, 0.05) is 6.20 Å². The van der Waals surface area contributed by atoms with Gasteiger partial charge in [-0.2, -0.15) is 10.1 Å². The van der Waals surface area contributed by atoms with Crippen LogP contribution in [0.1, 0.15) is 0 Å². The van der Waals surface area contributed by atoms with Crippen molar-refractivity contribution in [3.8, 4) is 11.6 Å². The van der Waals surface area contributed by atoms with Crippen LogP contribution < -0.4 is 5.69 Å². The number of nitrogens with zero attached hydrogens (tertiary/aromatic N) is 2. The number of hydrogen-bond acceptors (Lipinski definition) is 4. The number of H-pyrrole nitrogens is 1. The van der Waals surface area contributed by atoms with E-state index >= 15 is 0 Å². The first-order valence-electron chi connectivity index (χ1n) is 3.33. The van der Waals surface area contributed by atoms with Crippen LogP contribution in [0.3, 0.4) is 0 Å². The Balaban J connectivity index is 2.51. The van der Waals surface area contributed by atoms with Crippen molar-refractivity contribution >= 4 is 0 Å². The highest BCUT2D eigenvalue weighted by Crippen LogP contribution is 2.08. The van der Waals surface area contributed by atoms with E-state index in [9.17, 15) is 4.79 Å². The molecule has 0 aliphatic heterocycles. The molecule has 0 fully saturated rings. The van der Waals surface area contributed by atoms with Crippen molar-refractivity contribution in [2.75, 3.05) is 0 Å². The minimum atomic E-state index is -0.504. The molecular formula is C7H5N3O2. The molecule has 0 atom stereocenters. The van der Waals surface area contributed by atoms with Gasteiger partial charge in [0.05, 0.1) is 0 Å². The van der Waals surface area contributed by atoms with Crippen molar-refractivity contribution in [3.05, 3.63) is 34.9 Å². The van der Waals surface area contributed by atoms with E-state index < -0.39 is 5.69 Å². The third-order valence-corrected chi connectivity index (χ3v) is 1.32. The molecule has 2 aromatic rings. The molecule has 0 saturated heterocycles. The molecule has 0 saturated carbocycles. The summed E-state index contributed by atoms with van der Waals surface area (Å²) < 4.78 is 4.74. The van der Waals surface area contributed by atoms with Crippen molar-refractivity contribution in [2.24, 2.45) is 0 Å². The lowest BCUT2D eigenvalue weighted by molar-refractivity contribution is 0.423. The lowest BCUT2D eigenvalue weighted by Gasteiger charge is -1.88. The first-order chi connectivity index (χ1) is 5.86. The summed E-state index contributed by atoms with van der Waals surface area (Å²) in [5.74, 6) is 0.209. The molecule has 0 unspecified atom stereocenters. The fourth-order valence-electron chi connectivity index (χ4n) is 0.829. The van der Waals surface area contributed by atoms with Crippen LogP contribution in [0.2, 0.25) is 0 Å². The van der Waals surface area contributed by atoms with E-state index in [1.54, 1.807) is 24.4 Å². The standard InChI is InChI=1S/C7H5N3O2/c11-7-9-6(12-10-7)5-3-1-2-4-8-5/h1-4H,(H,10,11). The second-order valence-corrected chi connectivity index (χ2v) is 2.14. The van der Waals surface area contributed by atoms with Crippen LogP contribution in [0.4, 0.5) is 0 Å². The quantitative estimate of drug-likeness (QED) is 0.661. The van der Waals surface area contributed by atoms with Gasteiger partial charge in [0.15, 0.2) is 0 Å². The molecule has 0 amide bonds. The fraction of sp³-hybridized carbons (Fsp3) is 0. The Morgan fingerprint density at radius 3 is 2.92 bits per heavy atom. The largest absolute Gasteiger partial charge is 0.377 e. The van der Waals surface area contributed by atoms with Crippen molar-refractivity contribution in [3.63, 3.8) is 0 Å². The summed E-state index contributed by atoms with van der Waals surface area (Å²) in [5.41, 5.74) is 0.0338. The van der Waals surface area contributed by atoms with E-state index in [2.05, 4.69) is 15.1 Å². The van der Waals surface area contributed by atoms with E-state index in [1.807, 2.05) is 0 Å². The molecule has 0 radical (unpaired) electrons. The Bertz CT molecular complexity index is 417. The van der Waals surface area contributed by atoms with Gasteiger partial charge < -0.3 is 4.52 Å². The summed E-state index contributed by atoms with van der Waals surface area (Å²) in [6.45, 7) is 0. The molecule has 60 valence electrons. The Labute approximate surface area is 67.1 Å². The molecule has 0 spiro atoms. The topological polar surface area (TPSA) is 71.8 Å². The van der Waals surface area contributed by atoms with Gasteiger partial charge in [0.25, 0.3) is 5.89 Å². The molecule has 12 heavy (non-hydrogen) atoms. The maximum atomic E-state index is 10.6. The number of pyridine rings is 1. The molecule has 0 aromatic carbocycles. The van der Waals surface area contributed by atoms with E-state index in [0.717, 1.165) is 0 Å². The van der Waals surface area contributed by atoms with Crippen molar-refractivity contribution in [2.45, 2.75) is 0 Å². The lowest BCUT2D eigenvalue weighted by Crippen LogP contribution is -2.00. The van der Waals surface area contributed by atoms with E-state index in [-0.39, 0.29) is 5.89 Å². The van der Waals surface area contributed by atoms with Gasteiger partial charge in [0.2, 0.25) is 0 Å². The number of aromatic amines is 1. The molecular weight excluding hydrogens is 158 g/mol. The first kappa shape index (κ1) is 6.78. The highest BCUT2D eigenvalue weighted by molar-refractivity contribution is 5.44. The fourth-order valence-corrected chi connectivity index (χ4v) is 0.829. The van der Waals surface area contributed by atoms with Crippen molar-refractivity contribution < 1.29 is 4.52 Å². The van der Waals surface area contributed by atoms with Gasteiger partial charge in [-0.05, 0) is 12.1 Å². The predicted molar refractivity (Wildman–Crippen MR) is 40.4 cm³/mol. The Kier molecular flexibility index (Phi) is 1.48. The zero-order valence-electron chi connectivity index (χ0n) is 6.02. The molecule has 0 bridgehead atoms. The summed E-state index contributed by atoms with van der Waals surface area (Å²) in [4.78, 5) is 18.1. The van der Waals surface area contributed by atoms with Crippen molar-refractivity contribution in [1.82, 2.24) is 15.1 Å². The average Bonchev–Trinajstić information content (AvgIpc) is 2.54. The monoisotopic (exact) mass is 163 g/mol. The number of hydrogen-bond donors (Lipinski definition) is 1. The predicted octanol–water partition coefficient (Wildman–Crippen LogP) is 0.425. The van der Waals surface area contributed by atoms with Crippen LogP contribution in [0.25, 0.3) is 11.6 Å². The minimum absolute atomic E-state index is 0.209. The van der Waals surface area contributed by atoms with Crippen LogP contribution in [0.15, 0.2) is 33.7 Å². The molecule has 0 aliphatic rings. The molecule has 2 heterocycles. The summed E-state index contributed by atoms with van der Waals surface area (Å²) in [6, 6.07) is 5.27. The van der Waals surface area contributed by atoms with E-state index in [4.69, 9.17) is 4.52 Å². The Hall–Kier alpha value is -1.91. The summed E-state index contributed by atoms with van der Waals surface area (Å²) in [7, 11) is 0. The van der Waals surface area contributed by atoms with Crippen LogP contribution in [-0.2, 0) is 0 Å². The Morgan fingerprint density at radius 2 is 2.33 bits per heavy atom. The lowest BCUT2D eigenvalue weighted by atomic mass is 10.3. The van der Waals surface area contributed by atoms with Gasteiger partial charge in [-0.1, -0.05) is 6.07 Å². The van der Waals surface area contributed by atoms with Crippen LogP contribution in [-0.4, -0.2) is 15.1 Å². The highest BCUT2D eigenvalue weighted by Gasteiger charge is 2.04. The second-order valence-electron chi connectivity index (χ2n) is 2.14. The third kappa shape index (κ3) is 1.12. The third-order valence-electron chi connectivity index (χ3n) is 1.32. The molecule has 5 nitrogen and oxygen atoms in total. The van der Waals surface area contributed by atoms with Crippen LogP contribution in [0.5, 0.6) is 0 Å². The number of aromatic nitrogens is 3. The summed E-state index contributed by atoms with van der Waals surface area (Å²) >= 11 is 0. The highest BCUT2D eigenvalue weighted by atomic mass is 16.5. The maximum Gasteiger partial charge on any atom is 0.377 e.